The van der Waals surface area contributed by atoms with Gasteiger partial charge >= 0.3 is 0 Å². The Kier molecular flexibility index (Phi) is 5.21. The van der Waals surface area contributed by atoms with E-state index in [0.717, 1.165) is 12.5 Å². The lowest BCUT2D eigenvalue weighted by Crippen LogP contribution is -2.29. The smallest absolute Gasteiger partial charge is 0.243 e. The SMILES string of the molecule is COCC1CCN(S(=O)(=O)c2cc(F)c(Cl)c(CN)c2)C1. The summed E-state index contributed by atoms with van der Waals surface area (Å²) in [6.45, 7) is 1.26. The van der Waals surface area contributed by atoms with Gasteiger partial charge in [-0.25, -0.2) is 12.8 Å². The number of halogens is 2. The lowest BCUT2D eigenvalue weighted by atomic mass is 10.1. The van der Waals surface area contributed by atoms with Crippen molar-refractivity contribution < 1.29 is 17.5 Å². The minimum atomic E-state index is -3.74. The van der Waals surface area contributed by atoms with E-state index < -0.39 is 15.8 Å². The molecule has 8 heteroatoms. The molecule has 0 spiro atoms. The topological polar surface area (TPSA) is 72.6 Å². The molecule has 1 aromatic carbocycles. The van der Waals surface area contributed by atoms with Crippen LogP contribution in [-0.4, -0.2) is 39.5 Å². The third kappa shape index (κ3) is 3.37. The van der Waals surface area contributed by atoms with Crippen molar-refractivity contribution in [2.75, 3.05) is 26.8 Å². The van der Waals surface area contributed by atoms with Crippen LogP contribution in [0.25, 0.3) is 0 Å². The highest BCUT2D eigenvalue weighted by Gasteiger charge is 2.33. The Balaban J connectivity index is 2.30. The molecule has 1 atom stereocenters. The molecular formula is C13H18ClFN2O3S. The van der Waals surface area contributed by atoms with Gasteiger partial charge in [0.2, 0.25) is 10.0 Å². The molecular weight excluding hydrogens is 319 g/mol. The van der Waals surface area contributed by atoms with Gasteiger partial charge in [0.15, 0.2) is 0 Å². The molecule has 0 saturated carbocycles. The Bertz CT molecular complexity index is 624. The second-order valence-corrected chi connectivity index (χ2v) is 7.37. The minimum absolute atomic E-state index is 0.0224. The van der Waals surface area contributed by atoms with Crippen molar-refractivity contribution >= 4 is 21.6 Å². The molecule has 1 aromatic rings. The van der Waals surface area contributed by atoms with Gasteiger partial charge < -0.3 is 10.5 Å². The highest BCUT2D eigenvalue weighted by atomic mass is 35.5. The van der Waals surface area contributed by atoms with Crippen LogP contribution in [0.1, 0.15) is 12.0 Å². The Morgan fingerprint density at radius 1 is 1.52 bits per heavy atom. The summed E-state index contributed by atoms with van der Waals surface area (Å²) in [4.78, 5) is -0.108. The number of hydrogen-bond donors (Lipinski definition) is 1. The zero-order valence-corrected chi connectivity index (χ0v) is 13.3. The van der Waals surface area contributed by atoms with Crippen LogP contribution in [0, 0.1) is 11.7 Å². The molecule has 0 aromatic heterocycles. The molecule has 118 valence electrons. The molecule has 0 amide bonds. The molecule has 1 fully saturated rings. The summed E-state index contributed by atoms with van der Waals surface area (Å²) in [5.41, 5.74) is 5.75. The Labute approximate surface area is 128 Å². The van der Waals surface area contributed by atoms with E-state index in [4.69, 9.17) is 22.1 Å². The number of rotatable bonds is 5. The van der Waals surface area contributed by atoms with Gasteiger partial charge in [-0.3, -0.25) is 0 Å². The van der Waals surface area contributed by atoms with E-state index in [2.05, 4.69) is 0 Å². The van der Waals surface area contributed by atoms with E-state index >= 15 is 0 Å². The highest BCUT2D eigenvalue weighted by molar-refractivity contribution is 7.89. The van der Waals surface area contributed by atoms with E-state index in [1.54, 1.807) is 7.11 Å². The molecule has 0 aliphatic carbocycles. The van der Waals surface area contributed by atoms with Crippen LogP contribution < -0.4 is 5.73 Å². The zero-order valence-electron chi connectivity index (χ0n) is 11.7. The molecule has 0 bridgehead atoms. The number of hydrogen-bond acceptors (Lipinski definition) is 4. The van der Waals surface area contributed by atoms with E-state index in [0.29, 0.717) is 19.7 Å². The van der Waals surface area contributed by atoms with Gasteiger partial charge in [0, 0.05) is 26.7 Å². The number of benzene rings is 1. The van der Waals surface area contributed by atoms with Gasteiger partial charge in [0.05, 0.1) is 16.5 Å². The number of ether oxygens (including phenoxy) is 1. The molecule has 5 nitrogen and oxygen atoms in total. The average molecular weight is 337 g/mol. The van der Waals surface area contributed by atoms with Crippen LogP contribution in [0.3, 0.4) is 0 Å². The quantitative estimate of drug-likeness (QED) is 0.886. The molecule has 0 radical (unpaired) electrons. The minimum Gasteiger partial charge on any atom is -0.384 e. The van der Waals surface area contributed by atoms with E-state index in [-0.39, 0.29) is 27.9 Å². The van der Waals surface area contributed by atoms with Crippen molar-refractivity contribution in [2.24, 2.45) is 11.7 Å². The van der Waals surface area contributed by atoms with Crippen LogP contribution in [0.4, 0.5) is 4.39 Å². The number of nitrogens with two attached hydrogens (primary N) is 1. The lowest BCUT2D eigenvalue weighted by molar-refractivity contribution is 0.157. The molecule has 1 aliphatic heterocycles. The summed E-state index contributed by atoms with van der Waals surface area (Å²) in [6, 6.07) is 2.28. The summed E-state index contributed by atoms with van der Waals surface area (Å²) in [6.07, 6.45) is 0.729. The van der Waals surface area contributed by atoms with Crippen molar-refractivity contribution in [3.63, 3.8) is 0 Å². The van der Waals surface area contributed by atoms with Crippen molar-refractivity contribution in [1.29, 1.82) is 0 Å². The number of nitrogens with zero attached hydrogens (tertiary/aromatic N) is 1. The first-order valence-electron chi connectivity index (χ1n) is 6.57. The van der Waals surface area contributed by atoms with Gasteiger partial charge in [0.25, 0.3) is 0 Å². The van der Waals surface area contributed by atoms with Crippen molar-refractivity contribution in [2.45, 2.75) is 17.9 Å². The fraction of sp³-hybridized carbons (Fsp3) is 0.538. The van der Waals surface area contributed by atoms with Crippen molar-refractivity contribution in [3.8, 4) is 0 Å². The highest BCUT2D eigenvalue weighted by Crippen LogP contribution is 2.29. The Morgan fingerprint density at radius 3 is 2.86 bits per heavy atom. The van der Waals surface area contributed by atoms with Crippen LogP contribution in [0.2, 0.25) is 5.02 Å². The van der Waals surface area contributed by atoms with Gasteiger partial charge in [-0.2, -0.15) is 4.31 Å². The fourth-order valence-electron chi connectivity index (χ4n) is 2.45. The summed E-state index contributed by atoms with van der Waals surface area (Å²) < 4.78 is 45.2. The summed E-state index contributed by atoms with van der Waals surface area (Å²) in [7, 11) is -2.16. The normalized spacial score (nSPS) is 20.1. The van der Waals surface area contributed by atoms with Crippen LogP contribution >= 0.6 is 11.6 Å². The van der Waals surface area contributed by atoms with Crippen LogP contribution in [0.5, 0.6) is 0 Å². The summed E-state index contributed by atoms with van der Waals surface area (Å²) in [5, 5.41) is -0.130. The monoisotopic (exact) mass is 336 g/mol. The first-order chi connectivity index (χ1) is 9.90. The lowest BCUT2D eigenvalue weighted by Gasteiger charge is -2.17. The van der Waals surface area contributed by atoms with Crippen LogP contribution in [-0.2, 0) is 21.3 Å². The number of methoxy groups -OCH3 is 1. The summed E-state index contributed by atoms with van der Waals surface area (Å²) >= 11 is 5.76. The van der Waals surface area contributed by atoms with Gasteiger partial charge in [-0.05, 0) is 30.0 Å². The average Bonchev–Trinajstić information content (AvgIpc) is 2.91. The van der Waals surface area contributed by atoms with E-state index in [1.807, 2.05) is 0 Å². The molecule has 21 heavy (non-hydrogen) atoms. The van der Waals surface area contributed by atoms with Crippen molar-refractivity contribution in [1.82, 2.24) is 4.31 Å². The second-order valence-electron chi connectivity index (χ2n) is 5.06. The van der Waals surface area contributed by atoms with Gasteiger partial charge in [-0.1, -0.05) is 11.6 Å². The number of sulfonamides is 1. The molecule has 2 N–H and O–H groups in total. The Hall–Kier alpha value is -0.730. The molecule has 1 saturated heterocycles. The van der Waals surface area contributed by atoms with Crippen LogP contribution in [0.15, 0.2) is 17.0 Å². The largest absolute Gasteiger partial charge is 0.384 e. The first kappa shape index (κ1) is 16.6. The molecule has 2 rings (SSSR count). The third-order valence-corrected chi connectivity index (χ3v) is 5.85. The Morgan fingerprint density at radius 2 is 2.24 bits per heavy atom. The van der Waals surface area contributed by atoms with E-state index in [1.165, 1.54) is 10.4 Å². The third-order valence-electron chi connectivity index (χ3n) is 3.59. The maximum Gasteiger partial charge on any atom is 0.243 e. The van der Waals surface area contributed by atoms with Gasteiger partial charge in [-0.15, -0.1) is 0 Å². The second kappa shape index (κ2) is 6.58. The summed E-state index contributed by atoms with van der Waals surface area (Å²) in [5.74, 6) is -0.610. The zero-order chi connectivity index (χ0) is 15.6. The maximum absolute atomic E-state index is 13.8. The van der Waals surface area contributed by atoms with E-state index in [9.17, 15) is 12.8 Å². The molecule has 1 unspecified atom stereocenters. The van der Waals surface area contributed by atoms with Gasteiger partial charge in [0.1, 0.15) is 5.82 Å². The molecule has 1 heterocycles. The predicted molar refractivity (Wildman–Crippen MR) is 78.0 cm³/mol. The van der Waals surface area contributed by atoms with Crippen molar-refractivity contribution in [3.05, 3.63) is 28.5 Å². The predicted octanol–water partition coefficient (Wildman–Crippen LogP) is 1.59. The first-order valence-corrected chi connectivity index (χ1v) is 8.39. The fourth-order valence-corrected chi connectivity index (χ4v) is 4.23. The standard InChI is InChI=1S/C13H18ClFN2O3S/c1-20-8-9-2-3-17(7-9)21(18,19)11-4-10(6-16)13(14)12(15)5-11/h4-5,9H,2-3,6-8,16H2,1H3. The maximum atomic E-state index is 13.8. The molecule has 1 aliphatic rings.